The Hall–Kier alpha value is -4.90. The number of aliphatic imine (C=N–C) groups is 1. The molecule has 36 heavy (non-hydrogen) atoms. The maximum Gasteiger partial charge on any atom is 0.248 e. The summed E-state index contributed by atoms with van der Waals surface area (Å²) >= 11 is 0. The largest absolute Gasteiger partial charge is 0.497 e. The summed E-state index contributed by atoms with van der Waals surface area (Å²) in [5.74, 6) is 0.337. The lowest BCUT2D eigenvalue weighted by molar-refractivity contribution is 0.100. The highest BCUT2D eigenvalue weighted by Crippen LogP contribution is 2.35. The summed E-state index contributed by atoms with van der Waals surface area (Å²) in [4.78, 5) is 16.4. The molecule has 5 nitrogen and oxygen atoms in total. The van der Waals surface area contributed by atoms with Crippen LogP contribution in [0.1, 0.15) is 15.9 Å². The van der Waals surface area contributed by atoms with Crippen LogP contribution in [0.3, 0.4) is 0 Å². The summed E-state index contributed by atoms with van der Waals surface area (Å²) in [6, 6.07) is 37.6. The lowest BCUT2D eigenvalue weighted by Gasteiger charge is -2.15. The highest BCUT2D eigenvalue weighted by molar-refractivity contribution is 5.95. The van der Waals surface area contributed by atoms with Crippen molar-refractivity contribution in [3.8, 4) is 34.0 Å². The maximum absolute atomic E-state index is 11.7. The number of amides is 1. The number of methoxy groups -OCH3 is 1. The molecule has 5 heteroatoms. The van der Waals surface area contributed by atoms with E-state index in [0.717, 1.165) is 45.2 Å². The topological polar surface area (TPSA) is 69.6 Å². The van der Waals surface area contributed by atoms with E-state index in [9.17, 15) is 4.79 Å². The number of hydrogen-bond acceptors (Lipinski definition) is 3. The normalized spacial score (nSPS) is 11.0. The van der Waals surface area contributed by atoms with Crippen molar-refractivity contribution in [3.05, 3.63) is 126 Å². The van der Waals surface area contributed by atoms with Crippen molar-refractivity contribution >= 4 is 17.8 Å². The van der Waals surface area contributed by atoms with E-state index >= 15 is 0 Å². The summed E-state index contributed by atoms with van der Waals surface area (Å²) in [6.07, 6.45) is 1.89. The number of nitrogens with two attached hydrogens (primary N) is 1. The fraction of sp³-hybridized carbons (Fsp3) is 0.0323. The minimum absolute atomic E-state index is 0.451. The van der Waals surface area contributed by atoms with Crippen LogP contribution in [0.5, 0.6) is 5.75 Å². The number of ether oxygens (including phenoxy) is 1. The number of aromatic nitrogens is 1. The van der Waals surface area contributed by atoms with Gasteiger partial charge in [-0.25, -0.2) is 0 Å². The van der Waals surface area contributed by atoms with Crippen molar-refractivity contribution < 1.29 is 9.53 Å². The molecule has 0 aliphatic heterocycles. The molecule has 0 spiro atoms. The number of rotatable bonds is 7. The van der Waals surface area contributed by atoms with Gasteiger partial charge in [0.15, 0.2) is 0 Å². The zero-order valence-electron chi connectivity index (χ0n) is 19.8. The Morgan fingerprint density at radius 2 is 1.42 bits per heavy atom. The Morgan fingerprint density at radius 3 is 2.00 bits per heavy atom. The van der Waals surface area contributed by atoms with E-state index in [-0.39, 0.29) is 0 Å². The Labute approximate surface area is 210 Å². The number of nitrogens with zero attached hydrogens (tertiary/aromatic N) is 2. The van der Waals surface area contributed by atoms with Crippen molar-refractivity contribution in [2.24, 2.45) is 10.7 Å². The van der Waals surface area contributed by atoms with Gasteiger partial charge in [0, 0.05) is 23.0 Å². The molecule has 176 valence electrons. The van der Waals surface area contributed by atoms with Gasteiger partial charge in [-0.2, -0.15) is 0 Å². The van der Waals surface area contributed by atoms with E-state index in [1.165, 1.54) is 0 Å². The van der Waals surface area contributed by atoms with Gasteiger partial charge in [-0.15, -0.1) is 0 Å². The van der Waals surface area contributed by atoms with Crippen molar-refractivity contribution in [1.82, 2.24) is 4.57 Å². The molecule has 4 aromatic carbocycles. The number of benzene rings is 4. The van der Waals surface area contributed by atoms with E-state index in [1.807, 2.05) is 79.0 Å². The smallest absolute Gasteiger partial charge is 0.248 e. The lowest BCUT2D eigenvalue weighted by atomic mass is 10.1. The quantitative estimate of drug-likeness (QED) is 0.269. The fourth-order valence-electron chi connectivity index (χ4n) is 4.20. The molecule has 1 aromatic heterocycles. The number of carbonyl (C=O) groups is 1. The van der Waals surface area contributed by atoms with Crippen LogP contribution in [0.4, 0.5) is 5.69 Å². The third kappa shape index (κ3) is 4.68. The molecule has 0 aliphatic carbocycles. The average Bonchev–Trinajstić information content (AvgIpc) is 3.32. The average molecular weight is 472 g/mol. The van der Waals surface area contributed by atoms with E-state index in [4.69, 9.17) is 15.5 Å². The number of carbonyl (C=O) groups excluding carboxylic acids is 1. The lowest BCUT2D eigenvalue weighted by Crippen LogP contribution is -2.11. The summed E-state index contributed by atoms with van der Waals surface area (Å²) in [6.45, 7) is 0. The molecule has 0 unspecified atom stereocenters. The van der Waals surface area contributed by atoms with Gasteiger partial charge in [0.2, 0.25) is 5.91 Å². The first kappa shape index (κ1) is 22.9. The van der Waals surface area contributed by atoms with Gasteiger partial charge < -0.3 is 15.0 Å². The minimum atomic E-state index is -0.451. The van der Waals surface area contributed by atoms with Gasteiger partial charge in [-0.1, -0.05) is 60.7 Å². The summed E-state index contributed by atoms with van der Waals surface area (Å²) in [5.41, 5.74) is 12.8. The molecule has 0 aliphatic rings. The molecule has 0 bridgehead atoms. The van der Waals surface area contributed by atoms with Crippen LogP contribution in [-0.2, 0) is 0 Å². The Bertz CT molecular complexity index is 1500. The van der Waals surface area contributed by atoms with E-state index in [1.54, 1.807) is 19.2 Å². The van der Waals surface area contributed by atoms with Crippen molar-refractivity contribution in [1.29, 1.82) is 0 Å². The van der Waals surface area contributed by atoms with Gasteiger partial charge in [0.05, 0.1) is 24.2 Å². The highest BCUT2D eigenvalue weighted by Gasteiger charge is 2.19. The molecule has 0 saturated heterocycles. The molecular weight excluding hydrogens is 446 g/mol. The highest BCUT2D eigenvalue weighted by atomic mass is 16.5. The molecule has 5 rings (SSSR count). The molecule has 0 radical (unpaired) electrons. The molecule has 5 aromatic rings. The van der Waals surface area contributed by atoms with Crippen LogP contribution >= 0.6 is 0 Å². The number of primary amides is 1. The number of hydrogen-bond donors (Lipinski definition) is 1. The summed E-state index contributed by atoms with van der Waals surface area (Å²) in [7, 11) is 1.65. The zero-order valence-corrected chi connectivity index (χ0v) is 19.8. The fourth-order valence-corrected chi connectivity index (χ4v) is 4.20. The molecule has 2 N–H and O–H groups in total. The van der Waals surface area contributed by atoms with Crippen molar-refractivity contribution in [3.63, 3.8) is 0 Å². The predicted molar refractivity (Wildman–Crippen MR) is 145 cm³/mol. The Balaban J connectivity index is 1.73. The molecule has 0 saturated carbocycles. The van der Waals surface area contributed by atoms with Crippen LogP contribution in [-0.4, -0.2) is 23.8 Å². The van der Waals surface area contributed by atoms with E-state index in [2.05, 4.69) is 34.9 Å². The molecule has 1 amide bonds. The Morgan fingerprint density at radius 1 is 0.806 bits per heavy atom. The second-order valence-electron chi connectivity index (χ2n) is 8.27. The predicted octanol–water partition coefficient (Wildman–Crippen LogP) is 6.67. The third-order valence-corrected chi connectivity index (χ3v) is 5.98. The first-order chi connectivity index (χ1) is 17.6. The molecule has 1 heterocycles. The molecule has 0 atom stereocenters. The maximum atomic E-state index is 11.7. The standard InChI is InChI=1S/C31H25N3O2/c1-36-28-18-14-26(15-19-28)33-21-25-20-29(22-8-4-2-5-9-22)34(30(25)23-10-6-3-7-11-23)27-16-12-24(13-17-27)31(32)35/h2-21H,1H3,(H2,32,35). The monoisotopic (exact) mass is 471 g/mol. The van der Waals surface area contributed by atoms with Crippen LogP contribution in [0.15, 0.2) is 120 Å². The first-order valence-electron chi connectivity index (χ1n) is 11.6. The van der Waals surface area contributed by atoms with Gasteiger partial charge in [0.25, 0.3) is 0 Å². The summed E-state index contributed by atoms with van der Waals surface area (Å²) < 4.78 is 7.46. The zero-order chi connectivity index (χ0) is 24.9. The first-order valence-corrected chi connectivity index (χ1v) is 11.6. The second kappa shape index (κ2) is 10.2. The van der Waals surface area contributed by atoms with E-state index < -0.39 is 5.91 Å². The van der Waals surface area contributed by atoms with E-state index in [0.29, 0.717) is 5.56 Å². The second-order valence-corrected chi connectivity index (χ2v) is 8.27. The SMILES string of the molecule is COc1ccc(N=Cc2cc(-c3ccccc3)n(-c3ccc(C(N)=O)cc3)c2-c2ccccc2)cc1. The van der Waals surface area contributed by atoms with Crippen molar-refractivity contribution in [2.75, 3.05) is 7.11 Å². The summed E-state index contributed by atoms with van der Waals surface area (Å²) in [5, 5.41) is 0. The van der Waals surface area contributed by atoms with Crippen LogP contribution in [0, 0.1) is 0 Å². The molecule has 0 fully saturated rings. The van der Waals surface area contributed by atoms with Gasteiger partial charge >= 0.3 is 0 Å². The molecular formula is C31H25N3O2. The minimum Gasteiger partial charge on any atom is -0.497 e. The van der Waals surface area contributed by atoms with Gasteiger partial charge in [-0.05, 0) is 65.7 Å². The van der Waals surface area contributed by atoms with Gasteiger partial charge in [-0.3, -0.25) is 9.79 Å². The van der Waals surface area contributed by atoms with Gasteiger partial charge in [0.1, 0.15) is 5.75 Å². The third-order valence-electron chi connectivity index (χ3n) is 5.98. The Kier molecular flexibility index (Phi) is 6.45. The van der Waals surface area contributed by atoms with Crippen LogP contribution in [0.2, 0.25) is 0 Å². The van der Waals surface area contributed by atoms with Crippen LogP contribution in [0.25, 0.3) is 28.2 Å². The van der Waals surface area contributed by atoms with Crippen molar-refractivity contribution in [2.45, 2.75) is 0 Å². The van der Waals surface area contributed by atoms with Crippen LogP contribution < -0.4 is 10.5 Å².